The summed E-state index contributed by atoms with van der Waals surface area (Å²) in [5.74, 6) is -0.221. The summed E-state index contributed by atoms with van der Waals surface area (Å²) in [4.78, 5) is 24.7. The number of carbonyl (C=O) groups excluding carboxylic acids is 1. The first-order valence-electron chi connectivity index (χ1n) is 6.67. The summed E-state index contributed by atoms with van der Waals surface area (Å²) in [7, 11) is 0. The maximum Gasteiger partial charge on any atom is 0.304 e. The highest BCUT2D eigenvalue weighted by molar-refractivity contribution is 8.00. The molecule has 1 aliphatic rings. The van der Waals surface area contributed by atoms with E-state index in [1.165, 1.54) is 18.2 Å². The van der Waals surface area contributed by atoms with Gasteiger partial charge in [0, 0.05) is 17.8 Å². The first-order valence-corrected chi connectivity index (χ1v) is 7.72. The van der Waals surface area contributed by atoms with Gasteiger partial charge in [-0.15, -0.1) is 11.8 Å². The van der Waals surface area contributed by atoms with E-state index in [-0.39, 0.29) is 17.6 Å². The molecule has 2 unspecified atom stereocenters. The molecule has 0 saturated carbocycles. The van der Waals surface area contributed by atoms with E-state index in [1.54, 1.807) is 0 Å². The Labute approximate surface area is 113 Å². The zero-order valence-corrected chi connectivity index (χ0v) is 12.0. The van der Waals surface area contributed by atoms with Gasteiger partial charge >= 0.3 is 5.97 Å². The Morgan fingerprint density at radius 3 is 2.78 bits per heavy atom. The Morgan fingerprint density at radius 1 is 1.44 bits per heavy atom. The van der Waals surface area contributed by atoms with Crippen molar-refractivity contribution in [1.82, 2.24) is 4.90 Å². The van der Waals surface area contributed by atoms with Gasteiger partial charge in [-0.3, -0.25) is 9.59 Å². The third kappa shape index (κ3) is 4.88. The minimum Gasteiger partial charge on any atom is -0.481 e. The average Bonchev–Trinajstić information content (AvgIpc) is 2.35. The minimum absolute atomic E-state index is 0.00341. The molecule has 0 aromatic heterocycles. The van der Waals surface area contributed by atoms with Crippen molar-refractivity contribution in [1.29, 1.82) is 0 Å². The van der Waals surface area contributed by atoms with Crippen LogP contribution in [0.3, 0.4) is 0 Å². The molecule has 1 amide bonds. The van der Waals surface area contributed by atoms with Crippen LogP contribution in [0.5, 0.6) is 0 Å². The van der Waals surface area contributed by atoms with Gasteiger partial charge in [-0.05, 0) is 25.7 Å². The van der Waals surface area contributed by atoms with Crippen molar-refractivity contribution < 1.29 is 14.7 Å². The SMILES string of the molecule is CCC1CCCCN1C(=O)CSC(C)CC(=O)O. The van der Waals surface area contributed by atoms with Gasteiger partial charge in [0.25, 0.3) is 0 Å². The summed E-state index contributed by atoms with van der Waals surface area (Å²) in [6.07, 6.45) is 4.55. The number of carboxylic acids is 1. The smallest absolute Gasteiger partial charge is 0.304 e. The van der Waals surface area contributed by atoms with Crippen molar-refractivity contribution in [2.75, 3.05) is 12.3 Å². The molecular formula is C13H23NO3S. The molecule has 0 radical (unpaired) electrons. The average molecular weight is 273 g/mol. The first kappa shape index (κ1) is 15.3. The second-order valence-electron chi connectivity index (χ2n) is 4.86. The van der Waals surface area contributed by atoms with E-state index < -0.39 is 5.97 Å². The lowest BCUT2D eigenvalue weighted by Crippen LogP contribution is -2.44. The number of carbonyl (C=O) groups is 2. The molecule has 0 spiro atoms. The molecule has 2 atom stereocenters. The number of hydrogen-bond donors (Lipinski definition) is 1. The maximum absolute atomic E-state index is 12.1. The fraction of sp³-hybridized carbons (Fsp3) is 0.846. The fourth-order valence-corrected chi connectivity index (χ4v) is 3.21. The Kier molecular flexibility index (Phi) is 6.54. The van der Waals surface area contributed by atoms with Gasteiger partial charge in [-0.25, -0.2) is 0 Å². The number of aliphatic carboxylic acids is 1. The minimum atomic E-state index is -0.799. The van der Waals surface area contributed by atoms with E-state index >= 15 is 0 Å². The highest BCUT2D eigenvalue weighted by Gasteiger charge is 2.25. The van der Waals surface area contributed by atoms with Crippen LogP contribution in [0.15, 0.2) is 0 Å². The Hall–Kier alpha value is -0.710. The van der Waals surface area contributed by atoms with E-state index in [4.69, 9.17) is 5.11 Å². The second kappa shape index (κ2) is 7.67. The van der Waals surface area contributed by atoms with E-state index in [0.717, 1.165) is 25.8 Å². The molecule has 18 heavy (non-hydrogen) atoms. The van der Waals surface area contributed by atoms with Crippen molar-refractivity contribution in [3.8, 4) is 0 Å². The Bertz CT molecular complexity index is 296. The molecule has 5 heteroatoms. The number of likely N-dealkylation sites (tertiary alicyclic amines) is 1. The third-order valence-electron chi connectivity index (χ3n) is 3.37. The molecule has 4 nitrogen and oxygen atoms in total. The molecule has 0 bridgehead atoms. The van der Waals surface area contributed by atoms with Gasteiger partial charge in [0.05, 0.1) is 12.2 Å². The maximum atomic E-state index is 12.1. The summed E-state index contributed by atoms with van der Waals surface area (Å²) in [5.41, 5.74) is 0. The molecule has 0 aliphatic carbocycles. The first-order chi connectivity index (χ1) is 8.54. The molecular weight excluding hydrogens is 250 g/mol. The number of piperidine rings is 1. The normalized spacial score (nSPS) is 21.7. The van der Waals surface area contributed by atoms with Crippen molar-refractivity contribution in [2.45, 2.75) is 57.2 Å². The van der Waals surface area contributed by atoms with Crippen LogP contribution in [-0.2, 0) is 9.59 Å². The quantitative estimate of drug-likeness (QED) is 0.807. The fourth-order valence-electron chi connectivity index (χ4n) is 2.35. The topological polar surface area (TPSA) is 57.6 Å². The molecule has 1 rings (SSSR count). The molecule has 1 N–H and O–H groups in total. The highest BCUT2D eigenvalue weighted by atomic mass is 32.2. The van der Waals surface area contributed by atoms with Crippen molar-refractivity contribution in [3.05, 3.63) is 0 Å². The lowest BCUT2D eigenvalue weighted by atomic mass is 10.0. The third-order valence-corrected chi connectivity index (χ3v) is 4.52. The molecule has 1 fully saturated rings. The standard InChI is InChI=1S/C13H23NO3S/c1-3-11-6-4-5-7-14(11)12(15)9-18-10(2)8-13(16)17/h10-11H,3-9H2,1-2H3,(H,16,17). The molecule has 0 aromatic carbocycles. The van der Waals surface area contributed by atoms with Crippen LogP contribution in [-0.4, -0.2) is 45.5 Å². The predicted molar refractivity (Wildman–Crippen MR) is 73.8 cm³/mol. The Balaban J connectivity index is 2.36. The lowest BCUT2D eigenvalue weighted by Gasteiger charge is -2.35. The highest BCUT2D eigenvalue weighted by Crippen LogP contribution is 2.22. The summed E-state index contributed by atoms with van der Waals surface area (Å²) < 4.78 is 0. The van der Waals surface area contributed by atoms with Crippen LogP contribution in [0.1, 0.15) is 46.0 Å². The van der Waals surface area contributed by atoms with Crippen LogP contribution >= 0.6 is 11.8 Å². The number of nitrogens with zero attached hydrogens (tertiary/aromatic N) is 1. The number of hydrogen-bond acceptors (Lipinski definition) is 3. The summed E-state index contributed by atoms with van der Waals surface area (Å²) >= 11 is 1.45. The summed E-state index contributed by atoms with van der Waals surface area (Å²) in [5, 5.41) is 8.67. The van der Waals surface area contributed by atoms with Gasteiger partial charge in [0.1, 0.15) is 0 Å². The molecule has 1 aliphatic heterocycles. The number of thioether (sulfide) groups is 1. The van der Waals surface area contributed by atoms with Crippen LogP contribution in [0.2, 0.25) is 0 Å². The Morgan fingerprint density at radius 2 is 2.17 bits per heavy atom. The lowest BCUT2D eigenvalue weighted by molar-refractivity contribution is -0.137. The van der Waals surface area contributed by atoms with Gasteiger partial charge in [-0.1, -0.05) is 13.8 Å². The van der Waals surface area contributed by atoms with Crippen LogP contribution in [0.25, 0.3) is 0 Å². The molecule has 104 valence electrons. The van der Waals surface area contributed by atoms with Crippen molar-refractivity contribution in [2.24, 2.45) is 0 Å². The summed E-state index contributed by atoms with van der Waals surface area (Å²) in [6.45, 7) is 4.85. The molecule has 0 aromatic rings. The predicted octanol–water partition coefficient (Wildman–Crippen LogP) is 2.37. The van der Waals surface area contributed by atoms with E-state index in [0.29, 0.717) is 11.8 Å². The van der Waals surface area contributed by atoms with Gasteiger partial charge < -0.3 is 10.0 Å². The van der Waals surface area contributed by atoms with Crippen LogP contribution in [0, 0.1) is 0 Å². The second-order valence-corrected chi connectivity index (χ2v) is 6.29. The van der Waals surface area contributed by atoms with E-state index in [2.05, 4.69) is 6.92 Å². The van der Waals surface area contributed by atoms with Crippen molar-refractivity contribution >= 4 is 23.6 Å². The number of carboxylic acid groups (broad SMARTS) is 1. The van der Waals surface area contributed by atoms with E-state index in [1.807, 2.05) is 11.8 Å². The largest absolute Gasteiger partial charge is 0.481 e. The summed E-state index contributed by atoms with van der Waals surface area (Å²) in [6, 6.07) is 0.390. The zero-order valence-electron chi connectivity index (χ0n) is 11.2. The van der Waals surface area contributed by atoms with Crippen molar-refractivity contribution in [3.63, 3.8) is 0 Å². The molecule has 1 saturated heterocycles. The van der Waals surface area contributed by atoms with Gasteiger partial charge in [0.15, 0.2) is 0 Å². The number of rotatable bonds is 6. The van der Waals surface area contributed by atoms with Crippen LogP contribution in [0.4, 0.5) is 0 Å². The molecule has 1 heterocycles. The van der Waals surface area contributed by atoms with Gasteiger partial charge in [0.2, 0.25) is 5.91 Å². The monoisotopic (exact) mass is 273 g/mol. The zero-order chi connectivity index (χ0) is 13.5. The van der Waals surface area contributed by atoms with Crippen LogP contribution < -0.4 is 0 Å². The van der Waals surface area contributed by atoms with Gasteiger partial charge in [-0.2, -0.15) is 0 Å². The number of amides is 1. The van der Waals surface area contributed by atoms with E-state index in [9.17, 15) is 9.59 Å².